The molecule has 0 unspecified atom stereocenters. The van der Waals surface area contributed by atoms with Crippen molar-refractivity contribution in [2.45, 2.75) is 0 Å². The highest BCUT2D eigenvalue weighted by Gasteiger charge is 2.14. The van der Waals surface area contributed by atoms with Gasteiger partial charge in [-0.1, -0.05) is 0 Å². The second-order valence-corrected chi connectivity index (χ2v) is 3.73. The summed E-state index contributed by atoms with van der Waals surface area (Å²) >= 11 is 1.21. The number of rotatable bonds is 3. The Morgan fingerprint density at radius 1 is 1.50 bits per heavy atom. The number of thiophene rings is 1. The molecule has 0 radical (unpaired) electrons. The summed E-state index contributed by atoms with van der Waals surface area (Å²) < 4.78 is 0. The Bertz CT molecular complexity index is 518. The average molecular weight is 237 g/mol. The molecule has 82 valence electrons. The van der Waals surface area contributed by atoms with Crippen molar-refractivity contribution in [1.82, 2.24) is 15.2 Å². The zero-order valence-corrected chi connectivity index (χ0v) is 8.75. The largest absolute Gasteiger partial charge is 0.366 e. The van der Waals surface area contributed by atoms with Crippen LogP contribution >= 0.6 is 11.3 Å². The van der Waals surface area contributed by atoms with Gasteiger partial charge in [-0.05, 0) is 11.4 Å². The molecular weight excluding hydrogens is 230 g/mol. The Morgan fingerprint density at radius 2 is 2.31 bits per heavy atom. The van der Waals surface area contributed by atoms with Crippen molar-refractivity contribution in [3.8, 4) is 0 Å². The Hall–Kier alpha value is -2.22. The summed E-state index contributed by atoms with van der Waals surface area (Å²) in [6.07, 6.45) is 1.22. The van der Waals surface area contributed by atoms with Gasteiger partial charge in [-0.25, -0.2) is 4.98 Å². The van der Waals surface area contributed by atoms with Crippen LogP contribution in [0.5, 0.6) is 0 Å². The van der Waals surface area contributed by atoms with Gasteiger partial charge in [0.1, 0.15) is 11.3 Å². The number of nitrogens with one attached hydrogen (secondary N) is 2. The predicted molar refractivity (Wildman–Crippen MR) is 57.2 cm³/mol. The summed E-state index contributed by atoms with van der Waals surface area (Å²) in [5.74, 6) is -0.986. The number of hydrogen-bond acceptors (Lipinski definition) is 5. The first-order valence-electron chi connectivity index (χ1n) is 4.22. The third-order valence-electron chi connectivity index (χ3n) is 1.79. The fourth-order valence-corrected chi connectivity index (χ4v) is 1.86. The lowest BCUT2D eigenvalue weighted by Crippen LogP contribution is -2.17. The summed E-state index contributed by atoms with van der Waals surface area (Å²) in [5, 5.41) is 10.5. The van der Waals surface area contributed by atoms with Crippen LogP contribution in [0.4, 0.5) is 5.00 Å². The minimum absolute atomic E-state index is 0.0730. The number of primary amides is 1. The highest BCUT2D eigenvalue weighted by atomic mass is 32.1. The molecule has 0 aliphatic carbocycles. The minimum Gasteiger partial charge on any atom is -0.366 e. The van der Waals surface area contributed by atoms with E-state index in [0.29, 0.717) is 5.00 Å². The summed E-state index contributed by atoms with van der Waals surface area (Å²) in [7, 11) is 0. The maximum Gasteiger partial charge on any atom is 0.293 e. The van der Waals surface area contributed by atoms with Crippen LogP contribution in [0.2, 0.25) is 0 Å². The van der Waals surface area contributed by atoms with E-state index in [9.17, 15) is 9.59 Å². The number of H-pyrrole nitrogens is 1. The standard InChI is InChI=1S/C8H7N5O2S/c9-5(14)4-1-2-16-8(4)12-7(15)6-10-3-11-13-6/h1-3H,(H2,9,14)(H,12,15)(H,10,11,13). The molecule has 8 heteroatoms. The monoisotopic (exact) mass is 237 g/mol. The van der Waals surface area contributed by atoms with Gasteiger partial charge in [0.2, 0.25) is 5.82 Å². The lowest BCUT2D eigenvalue weighted by Gasteiger charge is -2.01. The number of carbonyl (C=O) groups is 2. The van der Waals surface area contributed by atoms with Gasteiger partial charge in [-0.15, -0.1) is 11.3 Å². The van der Waals surface area contributed by atoms with Crippen LogP contribution in [0, 0.1) is 0 Å². The third-order valence-corrected chi connectivity index (χ3v) is 2.62. The van der Waals surface area contributed by atoms with Crippen LogP contribution in [-0.2, 0) is 0 Å². The van der Waals surface area contributed by atoms with E-state index < -0.39 is 11.8 Å². The smallest absolute Gasteiger partial charge is 0.293 e. The van der Waals surface area contributed by atoms with Gasteiger partial charge in [0.15, 0.2) is 0 Å². The summed E-state index contributed by atoms with van der Waals surface area (Å²) in [6, 6.07) is 1.54. The minimum atomic E-state index is -0.589. The molecule has 0 spiro atoms. The fraction of sp³-hybridized carbons (Fsp3) is 0. The zero-order chi connectivity index (χ0) is 11.5. The predicted octanol–water partition coefficient (Wildman–Crippen LogP) is 0.217. The summed E-state index contributed by atoms with van der Waals surface area (Å²) in [6.45, 7) is 0. The van der Waals surface area contributed by atoms with Gasteiger partial charge in [-0.2, -0.15) is 5.10 Å². The maximum absolute atomic E-state index is 11.6. The van der Waals surface area contributed by atoms with E-state index >= 15 is 0 Å². The molecule has 0 bridgehead atoms. The second kappa shape index (κ2) is 4.11. The zero-order valence-electron chi connectivity index (χ0n) is 7.93. The number of aromatic amines is 1. The number of hydrogen-bond donors (Lipinski definition) is 3. The summed E-state index contributed by atoms with van der Waals surface area (Å²) in [5.41, 5.74) is 5.41. The van der Waals surface area contributed by atoms with Gasteiger partial charge in [-0.3, -0.25) is 14.7 Å². The van der Waals surface area contributed by atoms with Crippen molar-refractivity contribution in [3.05, 3.63) is 29.2 Å². The molecule has 2 rings (SSSR count). The number of nitrogens with two attached hydrogens (primary N) is 1. The van der Waals surface area contributed by atoms with Gasteiger partial charge >= 0.3 is 0 Å². The number of carbonyl (C=O) groups excluding carboxylic acids is 2. The molecule has 0 saturated carbocycles. The van der Waals surface area contributed by atoms with E-state index in [-0.39, 0.29) is 11.4 Å². The Balaban J connectivity index is 2.18. The van der Waals surface area contributed by atoms with E-state index in [1.54, 1.807) is 11.4 Å². The van der Waals surface area contributed by atoms with Crippen molar-refractivity contribution >= 4 is 28.2 Å². The van der Waals surface area contributed by atoms with E-state index in [1.807, 2.05) is 0 Å². The van der Waals surface area contributed by atoms with E-state index in [2.05, 4.69) is 20.5 Å². The normalized spacial score (nSPS) is 10.0. The molecule has 0 saturated heterocycles. The van der Waals surface area contributed by atoms with Crippen LogP contribution in [0.25, 0.3) is 0 Å². The molecule has 16 heavy (non-hydrogen) atoms. The van der Waals surface area contributed by atoms with E-state index in [1.165, 1.54) is 17.7 Å². The van der Waals surface area contributed by atoms with Gasteiger partial charge in [0.25, 0.3) is 11.8 Å². The lowest BCUT2D eigenvalue weighted by atomic mass is 10.3. The van der Waals surface area contributed by atoms with Crippen molar-refractivity contribution < 1.29 is 9.59 Å². The quantitative estimate of drug-likeness (QED) is 0.708. The number of nitrogens with zero attached hydrogens (tertiary/aromatic N) is 2. The highest BCUT2D eigenvalue weighted by molar-refractivity contribution is 7.14. The molecule has 0 fully saturated rings. The van der Waals surface area contributed by atoms with Crippen molar-refractivity contribution in [2.75, 3.05) is 5.32 Å². The molecule has 0 atom stereocenters. The average Bonchev–Trinajstić information content (AvgIpc) is 2.86. The fourth-order valence-electron chi connectivity index (χ4n) is 1.08. The molecule has 2 aromatic rings. The van der Waals surface area contributed by atoms with Crippen LogP contribution in [-0.4, -0.2) is 27.0 Å². The van der Waals surface area contributed by atoms with Gasteiger partial charge < -0.3 is 11.1 Å². The molecular formula is C8H7N5O2S. The number of anilines is 1. The molecule has 2 amide bonds. The molecule has 2 heterocycles. The Morgan fingerprint density at radius 3 is 2.94 bits per heavy atom. The molecule has 7 nitrogen and oxygen atoms in total. The highest BCUT2D eigenvalue weighted by Crippen LogP contribution is 2.22. The van der Waals surface area contributed by atoms with E-state index in [0.717, 1.165) is 0 Å². The van der Waals surface area contributed by atoms with Crippen molar-refractivity contribution in [2.24, 2.45) is 5.73 Å². The maximum atomic E-state index is 11.6. The van der Waals surface area contributed by atoms with Crippen LogP contribution in [0.1, 0.15) is 21.0 Å². The first kappa shape index (κ1) is 10.3. The topological polar surface area (TPSA) is 114 Å². The molecule has 2 aromatic heterocycles. The molecule has 0 aliphatic rings. The van der Waals surface area contributed by atoms with Crippen LogP contribution in [0.15, 0.2) is 17.8 Å². The first-order chi connectivity index (χ1) is 7.68. The number of amides is 2. The first-order valence-corrected chi connectivity index (χ1v) is 5.10. The molecule has 4 N–H and O–H groups in total. The van der Waals surface area contributed by atoms with Crippen molar-refractivity contribution in [3.63, 3.8) is 0 Å². The Kier molecular flexibility index (Phi) is 2.64. The van der Waals surface area contributed by atoms with Crippen molar-refractivity contribution in [1.29, 1.82) is 0 Å². The second-order valence-electron chi connectivity index (χ2n) is 2.82. The third kappa shape index (κ3) is 1.91. The molecule has 0 aromatic carbocycles. The molecule has 0 aliphatic heterocycles. The van der Waals surface area contributed by atoms with Crippen LogP contribution < -0.4 is 11.1 Å². The van der Waals surface area contributed by atoms with Crippen LogP contribution in [0.3, 0.4) is 0 Å². The van der Waals surface area contributed by atoms with E-state index in [4.69, 9.17) is 5.73 Å². The van der Waals surface area contributed by atoms with Gasteiger partial charge in [0.05, 0.1) is 5.56 Å². The SMILES string of the molecule is NC(=O)c1ccsc1NC(=O)c1ncn[nH]1. The number of aromatic nitrogens is 3. The summed E-state index contributed by atoms with van der Waals surface area (Å²) in [4.78, 5) is 26.2. The van der Waals surface area contributed by atoms with Gasteiger partial charge in [0, 0.05) is 0 Å². The lowest BCUT2D eigenvalue weighted by molar-refractivity contribution is 0.100. The Labute approximate surface area is 93.7 Å².